The quantitative estimate of drug-likeness (QED) is 0.658. The van der Waals surface area contributed by atoms with Gasteiger partial charge in [-0.15, -0.1) is 0 Å². The van der Waals surface area contributed by atoms with E-state index in [4.69, 9.17) is 4.52 Å². The summed E-state index contributed by atoms with van der Waals surface area (Å²) in [6.45, 7) is 2.22. The molecule has 0 atom stereocenters. The predicted octanol–water partition coefficient (Wildman–Crippen LogP) is 2.69. The Kier molecular flexibility index (Phi) is 7.02. The molecule has 0 unspecified atom stereocenters. The molecule has 1 N–H and O–H groups in total. The molecule has 2 aromatic rings. The van der Waals surface area contributed by atoms with Crippen LogP contribution < -0.4 is 5.32 Å². The lowest BCUT2D eigenvalue weighted by Crippen LogP contribution is -2.38. The Hall–Kier alpha value is -2.26. The van der Waals surface area contributed by atoms with E-state index < -0.39 is 10.0 Å². The average Bonchev–Trinajstić information content (AvgIpc) is 3.16. The summed E-state index contributed by atoms with van der Waals surface area (Å²) in [4.78, 5) is 16.6. The second-order valence-corrected chi connectivity index (χ2v) is 9.43. The van der Waals surface area contributed by atoms with Crippen LogP contribution in [0.2, 0.25) is 0 Å². The summed E-state index contributed by atoms with van der Waals surface area (Å²) in [5.41, 5.74) is 0.429. The van der Waals surface area contributed by atoms with Crippen LogP contribution in [0.3, 0.4) is 0 Å². The summed E-state index contributed by atoms with van der Waals surface area (Å²) in [7, 11) is -1.90. The highest BCUT2D eigenvalue weighted by Crippen LogP contribution is 2.26. The van der Waals surface area contributed by atoms with Gasteiger partial charge in [0.2, 0.25) is 15.9 Å². The number of carbonyl (C=O) groups excluding carboxylic acids is 1. The van der Waals surface area contributed by atoms with Crippen molar-refractivity contribution in [2.75, 3.05) is 13.6 Å². The van der Waals surface area contributed by atoms with Gasteiger partial charge < -0.3 is 9.84 Å². The third kappa shape index (κ3) is 5.42. The average molecular weight is 421 g/mol. The van der Waals surface area contributed by atoms with Gasteiger partial charge in [0.25, 0.3) is 5.91 Å². The van der Waals surface area contributed by atoms with E-state index in [0.29, 0.717) is 36.7 Å². The number of nitrogens with one attached hydrogen (secondary N) is 1. The van der Waals surface area contributed by atoms with Crippen molar-refractivity contribution >= 4 is 15.9 Å². The van der Waals surface area contributed by atoms with E-state index in [2.05, 4.69) is 15.5 Å². The minimum Gasteiger partial charge on any atom is -0.352 e. The van der Waals surface area contributed by atoms with Gasteiger partial charge in [0.05, 0.1) is 4.90 Å². The Balaban J connectivity index is 1.53. The van der Waals surface area contributed by atoms with Crippen molar-refractivity contribution in [2.24, 2.45) is 0 Å². The van der Waals surface area contributed by atoms with Gasteiger partial charge in [-0.2, -0.15) is 9.29 Å². The zero-order valence-electron chi connectivity index (χ0n) is 16.9. The molecule has 1 fully saturated rings. The summed E-state index contributed by atoms with van der Waals surface area (Å²) in [5.74, 6) is 0.901. The fourth-order valence-electron chi connectivity index (χ4n) is 3.57. The van der Waals surface area contributed by atoms with E-state index >= 15 is 0 Å². The molecular formula is C20H28N4O4S. The maximum absolute atomic E-state index is 12.9. The Morgan fingerprint density at radius 3 is 2.52 bits per heavy atom. The fourth-order valence-corrected chi connectivity index (χ4v) is 4.99. The van der Waals surface area contributed by atoms with Gasteiger partial charge in [-0.3, -0.25) is 4.79 Å². The number of aryl methyl sites for hydroxylation is 2. The molecular weight excluding hydrogens is 392 g/mol. The first-order valence-electron chi connectivity index (χ1n) is 10.0. The maximum atomic E-state index is 12.9. The number of aromatic nitrogens is 2. The minimum atomic E-state index is -3.55. The number of hydrogen-bond acceptors (Lipinski definition) is 6. The Bertz CT molecular complexity index is 918. The van der Waals surface area contributed by atoms with E-state index in [0.717, 1.165) is 25.7 Å². The van der Waals surface area contributed by atoms with Gasteiger partial charge in [-0.25, -0.2) is 8.42 Å². The van der Waals surface area contributed by atoms with E-state index in [9.17, 15) is 13.2 Å². The molecule has 9 heteroatoms. The van der Waals surface area contributed by atoms with Crippen LogP contribution in [0.25, 0.3) is 0 Å². The van der Waals surface area contributed by atoms with Crippen LogP contribution in [0.1, 0.15) is 60.6 Å². The van der Waals surface area contributed by atoms with Crippen LogP contribution in [0.4, 0.5) is 0 Å². The van der Waals surface area contributed by atoms with Crippen LogP contribution in [0.5, 0.6) is 0 Å². The largest absolute Gasteiger partial charge is 0.352 e. The molecule has 3 rings (SSSR count). The van der Waals surface area contributed by atoms with Crippen LogP contribution in [-0.2, 0) is 16.4 Å². The highest BCUT2D eigenvalue weighted by molar-refractivity contribution is 7.89. The van der Waals surface area contributed by atoms with Gasteiger partial charge in [-0.05, 0) is 50.5 Å². The van der Waals surface area contributed by atoms with Gasteiger partial charge in [-0.1, -0.05) is 24.4 Å². The summed E-state index contributed by atoms with van der Waals surface area (Å²) in [6.07, 6.45) is 6.37. The van der Waals surface area contributed by atoms with Crippen molar-refractivity contribution in [3.63, 3.8) is 0 Å². The number of sulfonamides is 1. The summed E-state index contributed by atoms with van der Waals surface area (Å²) in [6, 6.07) is 6.17. The van der Waals surface area contributed by atoms with Crippen LogP contribution in [0.15, 0.2) is 33.7 Å². The molecule has 0 radical (unpaired) electrons. The summed E-state index contributed by atoms with van der Waals surface area (Å²) >= 11 is 0. The lowest BCUT2D eigenvalue weighted by Gasteiger charge is -2.30. The Morgan fingerprint density at radius 1 is 1.21 bits per heavy atom. The number of benzene rings is 1. The van der Waals surface area contributed by atoms with E-state index in [1.54, 1.807) is 26.1 Å². The molecule has 8 nitrogen and oxygen atoms in total. The lowest BCUT2D eigenvalue weighted by molar-refractivity contribution is 0.0952. The van der Waals surface area contributed by atoms with Crippen molar-refractivity contribution in [1.82, 2.24) is 19.8 Å². The van der Waals surface area contributed by atoms with Gasteiger partial charge >= 0.3 is 0 Å². The summed E-state index contributed by atoms with van der Waals surface area (Å²) < 4.78 is 32.2. The molecule has 0 spiro atoms. The minimum absolute atomic E-state index is 0.0550. The fraction of sp³-hybridized carbons (Fsp3) is 0.550. The highest BCUT2D eigenvalue weighted by Gasteiger charge is 2.29. The van der Waals surface area contributed by atoms with E-state index in [1.165, 1.54) is 22.9 Å². The smallest absolute Gasteiger partial charge is 0.251 e. The predicted molar refractivity (Wildman–Crippen MR) is 108 cm³/mol. The van der Waals surface area contributed by atoms with E-state index in [1.807, 2.05) is 0 Å². The van der Waals surface area contributed by atoms with Crippen LogP contribution in [0, 0.1) is 6.92 Å². The van der Waals surface area contributed by atoms with Gasteiger partial charge in [0, 0.05) is 31.6 Å². The topological polar surface area (TPSA) is 105 Å². The molecule has 1 aromatic heterocycles. The van der Waals surface area contributed by atoms with Crippen molar-refractivity contribution < 1.29 is 17.7 Å². The number of amides is 1. The van der Waals surface area contributed by atoms with Crippen LogP contribution in [-0.4, -0.2) is 48.4 Å². The van der Waals surface area contributed by atoms with Gasteiger partial charge in [0.15, 0.2) is 5.82 Å². The van der Waals surface area contributed by atoms with Crippen molar-refractivity contribution in [3.8, 4) is 0 Å². The number of carbonyl (C=O) groups is 1. The maximum Gasteiger partial charge on any atom is 0.251 e. The first-order chi connectivity index (χ1) is 13.9. The molecule has 1 aliphatic carbocycles. The molecule has 1 heterocycles. The molecule has 1 amide bonds. The zero-order valence-corrected chi connectivity index (χ0v) is 17.7. The molecule has 0 aliphatic heterocycles. The van der Waals surface area contributed by atoms with Gasteiger partial charge in [0.1, 0.15) is 0 Å². The normalized spacial score (nSPS) is 15.6. The first kappa shape index (κ1) is 21.4. The molecule has 0 saturated heterocycles. The molecule has 1 aliphatic rings. The van der Waals surface area contributed by atoms with Crippen molar-refractivity contribution in [2.45, 2.75) is 62.8 Å². The standard InChI is InChI=1S/C20H28N4O4S/c1-15-22-19(28-23-15)9-6-14-21-20(25)16-10-12-18(13-11-16)29(26,27)24(2)17-7-4-3-5-8-17/h10-13,17H,3-9,14H2,1-2H3,(H,21,25). The Labute approximate surface area is 171 Å². The molecule has 29 heavy (non-hydrogen) atoms. The number of nitrogens with zero attached hydrogens (tertiary/aromatic N) is 3. The Morgan fingerprint density at radius 2 is 1.90 bits per heavy atom. The lowest BCUT2D eigenvalue weighted by atomic mass is 9.96. The molecule has 1 saturated carbocycles. The van der Waals surface area contributed by atoms with Crippen molar-refractivity contribution in [1.29, 1.82) is 0 Å². The molecule has 158 valence electrons. The number of rotatable bonds is 8. The van der Waals surface area contributed by atoms with Crippen LogP contribution >= 0.6 is 0 Å². The third-order valence-electron chi connectivity index (χ3n) is 5.31. The van der Waals surface area contributed by atoms with E-state index in [-0.39, 0.29) is 16.8 Å². The summed E-state index contributed by atoms with van der Waals surface area (Å²) in [5, 5.41) is 6.54. The zero-order chi connectivity index (χ0) is 20.9. The first-order valence-corrected chi connectivity index (χ1v) is 11.5. The second kappa shape index (κ2) is 9.49. The monoisotopic (exact) mass is 420 g/mol. The SMILES string of the molecule is Cc1noc(CCCNC(=O)c2ccc(S(=O)(=O)N(C)C3CCCCC3)cc2)n1. The highest BCUT2D eigenvalue weighted by atomic mass is 32.2. The number of hydrogen-bond donors (Lipinski definition) is 1. The van der Waals surface area contributed by atoms with Crippen molar-refractivity contribution in [3.05, 3.63) is 41.5 Å². The second-order valence-electron chi connectivity index (χ2n) is 7.43. The molecule has 1 aromatic carbocycles. The third-order valence-corrected chi connectivity index (χ3v) is 7.23. The molecule has 0 bridgehead atoms.